The molecule has 1 aliphatic carbocycles. The Hall–Kier alpha value is 0.250. The second-order valence-corrected chi connectivity index (χ2v) is 5.66. The smallest absolute Gasteiger partial charge is 0.0339 e. The van der Waals surface area contributed by atoms with Crippen molar-refractivity contribution in [2.75, 3.05) is 19.6 Å². The number of nitrogens with zero attached hydrogens (tertiary/aromatic N) is 1. The van der Waals surface area contributed by atoms with E-state index in [4.69, 9.17) is 11.6 Å². The van der Waals surface area contributed by atoms with Crippen molar-refractivity contribution in [2.45, 2.75) is 44.4 Å². The molecule has 3 atom stereocenters. The summed E-state index contributed by atoms with van der Waals surface area (Å²) in [4.78, 5) is 2.66. The lowest BCUT2D eigenvalue weighted by atomic mass is 9.82. The predicted molar refractivity (Wildman–Crippen MR) is 61.8 cm³/mol. The van der Waals surface area contributed by atoms with Crippen LogP contribution < -0.4 is 0 Å². The van der Waals surface area contributed by atoms with Gasteiger partial charge in [0.25, 0.3) is 0 Å². The fourth-order valence-electron chi connectivity index (χ4n) is 3.04. The molecular formula is C12H22ClN. The summed E-state index contributed by atoms with van der Waals surface area (Å²) in [5.41, 5.74) is 0. The van der Waals surface area contributed by atoms with E-state index in [-0.39, 0.29) is 0 Å². The molecule has 1 saturated carbocycles. The Balaban J connectivity index is 1.80. The average molecular weight is 216 g/mol. The van der Waals surface area contributed by atoms with Gasteiger partial charge in [0.05, 0.1) is 0 Å². The zero-order chi connectivity index (χ0) is 9.97. The first kappa shape index (κ1) is 10.8. The van der Waals surface area contributed by atoms with Gasteiger partial charge in [0.2, 0.25) is 0 Å². The summed E-state index contributed by atoms with van der Waals surface area (Å²) < 4.78 is 0. The lowest BCUT2D eigenvalue weighted by Crippen LogP contribution is -2.23. The first-order valence-corrected chi connectivity index (χ1v) is 6.59. The number of rotatable bonds is 3. The lowest BCUT2D eigenvalue weighted by molar-refractivity contribution is 0.304. The molecule has 0 spiro atoms. The summed E-state index contributed by atoms with van der Waals surface area (Å²) in [6.07, 6.45) is 6.59. The number of hydrogen-bond donors (Lipinski definition) is 0. The van der Waals surface area contributed by atoms with Crippen LogP contribution in [-0.2, 0) is 0 Å². The van der Waals surface area contributed by atoms with Crippen LogP contribution in [0.1, 0.15) is 39.0 Å². The predicted octanol–water partition coefficient (Wildman–Crippen LogP) is 3.13. The molecule has 0 aromatic carbocycles. The monoisotopic (exact) mass is 215 g/mol. The Morgan fingerprint density at radius 1 is 1.21 bits per heavy atom. The van der Waals surface area contributed by atoms with Crippen LogP contribution in [0.5, 0.6) is 0 Å². The highest BCUT2D eigenvalue weighted by atomic mass is 35.5. The minimum atomic E-state index is 0.474. The van der Waals surface area contributed by atoms with Gasteiger partial charge < -0.3 is 4.90 Å². The van der Waals surface area contributed by atoms with Crippen LogP contribution in [0.3, 0.4) is 0 Å². The largest absolute Gasteiger partial charge is 0.303 e. The Kier molecular flexibility index (Phi) is 3.73. The summed E-state index contributed by atoms with van der Waals surface area (Å²) in [5, 5.41) is 0.474. The lowest BCUT2D eigenvalue weighted by Gasteiger charge is -2.27. The van der Waals surface area contributed by atoms with Gasteiger partial charge in [-0.05, 0) is 44.1 Å². The van der Waals surface area contributed by atoms with E-state index in [1.807, 2.05) is 0 Å². The Morgan fingerprint density at radius 3 is 2.79 bits per heavy atom. The van der Waals surface area contributed by atoms with Crippen molar-refractivity contribution in [3.63, 3.8) is 0 Å². The molecule has 2 aliphatic rings. The second-order valence-electron chi connectivity index (χ2n) is 5.04. The van der Waals surface area contributed by atoms with Crippen LogP contribution in [0.15, 0.2) is 0 Å². The maximum Gasteiger partial charge on any atom is 0.0339 e. The van der Waals surface area contributed by atoms with Crippen molar-refractivity contribution in [3.8, 4) is 0 Å². The zero-order valence-corrected chi connectivity index (χ0v) is 9.97. The normalized spacial score (nSPS) is 38.6. The van der Waals surface area contributed by atoms with Crippen LogP contribution in [0.2, 0.25) is 0 Å². The summed E-state index contributed by atoms with van der Waals surface area (Å²) in [6, 6.07) is 0. The first-order valence-electron chi connectivity index (χ1n) is 6.16. The summed E-state index contributed by atoms with van der Waals surface area (Å²) in [6.45, 7) is 6.27. The average Bonchev–Trinajstić information content (AvgIpc) is 2.56. The van der Waals surface area contributed by atoms with Gasteiger partial charge in [-0.3, -0.25) is 0 Å². The van der Waals surface area contributed by atoms with Crippen molar-refractivity contribution in [2.24, 2.45) is 11.8 Å². The van der Waals surface area contributed by atoms with E-state index in [9.17, 15) is 0 Å². The molecule has 1 nitrogen and oxygen atoms in total. The Morgan fingerprint density at radius 2 is 2.00 bits per heavy atom. The summed E-state index contributed by atoms with van der Waals surface area (Å²) >= 11 is 6.22. The summed E-state index contributed by atoms with van der Waals surface area (Å²) in [5.74, 6) is 1.89. The van der Waals surface area contributed by atoms with Gasteiger partial charge in [0.15, 0.2) is 0 Å². The molecule has 0 aromatic heterocycles. The van der Waals surface area contributed by atoms with Crippen molar-refractivity contribution in [1.82, 2.24) is 4.90 Å². The Labute approximate surface area is 92.8 Å². The SMILES string of the molecule is CCCCN1CC2CCC(Cl)CC2C1. The minimum absolute atomic E-state index is 0.474. The van der Waals surface area contributed by atoms with Gasteiger partial charge in [-0.15, -0.1) is 11.6 Å². The molecule has 0 N–H and O–H groups in total. The third-order valence-electron chi connectivity index (χ3n) is 3.89. The molecule has 1 aliphatic heterocycles. The molecule has 1 heterocycles. The molecule has 2 fully saturated rings. The van der Waals surface area contributed by atoms with Gasteiger partial charge in [-0.25, -0.2) is 0 Å². The van der Waals surface area contributed by atoms with Crippen LogP contribution in [-0.4, -0.2) is 29.9 Å². The van der Waals surface area contributed by atoms with E-state index >= 15 is 0 Å². The van der Waals surface area contributed by atoms with Crippen LogP contribution in [0, 0.1) is 11.8 Å². The van der Waals surface area contributed by atoms with Gasteiger partial charge >= 0.3 is 0 Å². The minimum Gasteiger partial charge on any atom is -0.303 e. The molecule has 82 valence electrons. The van der Waals surface area contributed by atoms with E-state index in [0.717, 1.165) is 11.8 Å². The maximum atomic E-state index is 6.22. The van der Waals surface area contributed by atoms with E-state index in [1.165, 1.54) is 51.7 Å². The molecule has 14 heavy (non-hydrogen) atoms. The third-order valence-corrected chi connectivity index (χ3v) is 4.29. The molecule has 0 amide bonds. The van der Waals surface area contributed by atoms with E-state index in [1.54, 1.807) is 0 Å². The highest BCUT2D eigenvalue weighted by Gasteiger charge is 2.36. The number of unbranched alkanes of at least 4 members (excludes halogenated alkanes) is 1. The highest BCUT2D eigenvalue weighted by molar-refractivity contribution is 6.20. The molecule has 0 bridgehead atoms. The zero-order valence-electron chi connectivity index (χ0n) is 9.21. The number of halogens is 1. The number of alkyl halides is 1. The van der Waals surface area contributed by atoms with Gasteiger partial charge in [0, 0.05) is 18.5 Å². The summed E-state index contributed by atoms with van der Waals surface area (Å²) in [7, 11) is 0. The van der Waals surface area contributed by atoms with Crippen LogP contribution >= 0.6 is 11.6 Å². The fraction of sp³-hybridized carbons (Fsp3) is 1.00. The van der Waals surface area contributed by atoms with Gasteiger partial charge in [-0.1, -0.05) is 13.3 Å². The molecule has 1 saturated heterocycles. The second kappa shape index (κ2) is 4.85. The molecule has 0 aromatic rings. The molecule has 3 unspecified atom stereocenters. The van der Waals surface area contributed by atoms with Crippen molar-refractivity contribution in [1.29, 1.82) is 0 Å². The quantitative estimate of drug-likeness (QED) is 0.654. The first-order chi connectivity index (χ1) is 6.79. The van der Waals surface area contributed by atoms with Crippen molar-refractivity contribution in [3.05, 3.63) is 0 Å². The van der Waals surface area contributed by atoms with Gasteiger partial charge in [-0.2, -0.15) is 0 Å². The maximum absolute atomic E-state index is 6.22. The number of hydrogen-bond acceptors (Lipinski definition) is 1. The highest BCUT2D eigenvalue weighted by Crippen LogP contribution is 2.38. The van der Waals surface area contributed by atoms with Crippen LogP contribution in [0.25, 0.3) is 0 Å². The van der Waals surface area contributed by atoms with Gasteiger partial charge in [0.1, 0.15) is 0 Å². The third kappa shape index (κ3) is 2.43. The van der Waals surface area contributed by atoms with Crippen molar-refractivity contribution >= 4 is 11.6 Å². The van der Waals surface area contributed by atoms with E-state index in [0.29, 0.717) is 5.38 Å². The standard InChI is InChI=1S/C12H22ClN/c1-2-3-6-14-8-10-4-5-12(13)7-11(10)9-14/h10-12H,2-9H2,1H3. The Bertz CT molecular complexity index is 183. The molecule has 0 radical (unpaired) electrons. The van der Waals surface area contributed by atoms with E-state index < -0.39 is 0 Å². The molecule has 2 heteroatoms. The van der Waals surface area contributed by atoms with E-state index in [2.05, 4.69) is 11.8 Å². The number of fused-ring (bicyclic) bond motifs is 1. The molecule has 2 rings (SSSR count). The topological polar surface area (TPSA) is 3.24 Å². The number of likely N-dealkylation sites (tertiary alicyclic amines) is 1. The molecular weight excluding hydrogens is 194 g/mol. The fourth-order valence-corrected chi connectivity index (χ4v) is 3.39. The van der Waals surface area contributed by atoms with Crippen LogP contribution in [0.4, 0.5) is 0 Å². The van der Waals surface area contributed by atoms with Crippen molar-refractivity contribution < 1.29 is 0 Å².